The van der Waals surface area contributed by atoms with E-state index in [1.54, 1.807) is 18.3 Å². The van der Waals surface area contributed by atoms with Gasteiger partial charge in [-0.05, 0) is 38.1 Å². The summed E-state index contributed by atoms with van der Waals surface area (Å²) in [6.07, 6.45) is 1.68. The average molecular weight is 220 g/mol. The molecule has 0 spiro atoms. The summed E-state index contributed by atoms with van der Waals surface area (Å²) >= 11 is 0. The molecule has 1 heterocycles. The van der Waals surface area contributed by atoms with Crippen LogP contribution in [0.5, 0.6) is 0 Å². The summed E-state index contributed by atoms with van der Waals surface area (Å²) in [4.78, 5) is 4.13. The van der Waals surface area contributed by atoms with Crippen LogP contribution < -0.4 is 5.32 Å². The van der Waals surface area contributed by atoms with E-state index in [0.29, 0.717) is 5.89 Å². The highest BCUT2D eigenvalue weighted by Crippen LogP contribution is 2.18. The Labute approximate surface area is 93.3 Å². The molecule has 84 valence electrons. The number of nitrogens with one attached hydrogen (secondary N) is 1. The Morgan fingerprint density at radius 3 is 2.56 bits per heavy atom. The van der Waals surface area contributed by atoms with E-state index in [2.05, 4.69) is 10.3 Å². The molecule has 1 N–H and O–H groups in total. The van der Waals surface area contributed by atoms with Crippen LogP contribution in [-0.2, 0) is 0 Å². The van der Waals surface area contributed by atoms with Crippen molar-refractivity contribution in [3.8, 4) is 0 Å². The van der Waals surface area contributed by atoms with Gasteiger partial charge >= 0.3 is 0 Å². The molecule has 0 aliphatic heterocycles. The third-order valence-electron chi connectivity index (χ3n) is 2.24. The van der Waals surface area contributed by atoms with Gasteiger partial charge in [0.25, 0.3) is 0 Å². The Morgan fingerprint density at radius 1 is 1.31 bits per heavy atom. The summed E-state index contributed by atoms with van der Waals surface area (Å²) < 4.78 is 18.1. The second-order valence-corrected chi connectivity index (χ2v) is 3.68. The minimum atomic E-state index is -0.245. The van der Waals surface area contributed by atoms with E-state index >= 15 is 0 Å². The second-order valence-electron chi connectivity index (χ2n) is 3.68. The minimum absolute atomic E-state index is 0.0424. The first-order chi connectivity index (χ1) is 7.65. The summed E-state index contributed by atoms with van der Waals surface area (Å²) in [6, 6.07) is 6.15. The molecule has 0 saturated heterocycles. The maximum Gasteiger partial charge on any atom is 0.216 e. The lowest BCUT2D eigenvalue weighted by Crippen LogP contribution is -2.06. The molecule has 1 atom stereocenters. The van der Waals surface area contributed by atoms with Crippen LogP contribution in [0, 0.1) is 12.7 Å². The van der Waals surface area contributed by atoms with Gasteiger partial charge in [-0.2, -0.15) is 0 Å². The Kier molecular flexibility index (Phi) is 2.90. The van der Waals surface area contributed by atoms with Gasteiger partial charge in [-0.25, -0.2) is 9.37 Å². The van der Waals surface area contributed by atoms with Crippen molar-refractivity contribution in [1.29, 1.82) is 0 Å². The molecule has 16 heavy (non-hydrogen) atoms. The standard InChI is InChI=1S/C12H13FN2O/c1-8-7-14-12(16-8)9(2)15-11-5-3-10(13)4-6-11/h3-7,9,15H,1-2H3/t9-/m0/s1. The molecule has 0 fully saturated rings. The van der Waals surface area contributed by atoms with Gasteiger partial charge in [-0.1, -0.05) is 0 Å². The van der Waals surface area contributed by atoms with E-state index in [-0.39, 0.29) is 11.9 Å². The normalized spacial score (nSPS) is 12.4. The molecule has 0 aliphatic rings. The van der Waals surface area contributed by atoms with Gasteiger partial charge in [0.15, 0.2) is 0 Å². The molecule has 1 aromatic carbocycles. The van der Waals surface area contributed by atoms with Crippen LogP contribution in [0.4, 0.5) is 10.1 Å². The maximum absolute atomic E-state index is 12.7. The molecule has 0 radical (unpaired) electrons. The third kappa shape index (κ3) is 2.39. The van der Waals surface area contributed by atoms with Gasteiger partial charge in [-0.3, -0.25) is 0 Å². The quantitative estimate of drug-likeness (QED) is 0.862. The zero-order valence-corrected chi connectivity index (χ0v) is 9.20. The van der Waals surface area contributed by atoms with Crippen molar-refractivity contribution in [3.63, 3.8) is 0 Å². The highest BCUT2D eigenvalue weighted by Gasteiger charge is 2.10. The molecule has 0 amide bonds. The smallest absolute Gasteiger partial charge is 0.216 e. The van der Waals surface area contributed by atoms with Gasteiger partial charge < -0.3 is 9.73 Å². The molecule has 2 aromatic rings. The zero-order valence-electron chi connectivity index (χ0n) is 9.20. The molecular weight excluding hydrogens is 207 g/mol. The van der Waals surface area contributed by atoms with Crippen LogP contribution in [0.15, 0.2) is 34.9 Å². The fraction of sp³-hybridized carbons (Fsp3) is 0.250. The van der Waals surface area contributed by atoms with Gasteiger partial charge in [0.1, 0.15) is 17.6 Å². The number of rotatable bonds is 3. The Hall–Kier alpha value is -1.84. The third-order valence-corrected chi connectivity index (χ3v) is 2.24. The van der Waals surface area contributed by atoms with Crippen LogP contribution >= 0.6 is 0 Å². The van der Waals surface area contributed by atoms with E-state index in [0.717, 1.165) is 11.4 Å². The fourth-order valence-corrected chi connectivity index (χ4v) is 1.43. The Balaban J connectivity index is 2.07. The Morgan fingerprint density at radius 2 is 2.00 bits per heavy atom. The lowest BCUT2D eigenvalue weighted by Gasteiger charge is -2.11. The number of aryl methyl sites for hydroxylation is 1. The van der Waals surface area contributed by atoms with Crippen LogP contribution in [0.25, 0.3) is 0 Å². The molecule has 4 heteroatoms. The van der Waals surface area contributed by atoms with Gasteiger partial charge in [0.05, 0.1) is 6.20 Å². The number of nitrogens with zero attached hydrogens (tertiary/aromatic N) is 1. The van der Waals surface area contributed by atoms with Crippen LogP contribution in [0.2, 0.25) is 0 Å². The number of anilines is 1. The predicted molar refractivity (Wildman–Crippen MR) is 59.7 cm³/mol. The fourth-order valence-electron chi connectivity index (χ4n) is 1.43. The lowest BCUT2D eigenvalue weighted by atomic mass is 10.2. The molecule has 0 aliphatic carbocycles. The molecule has 1 aromatic heterocycles. The molecule has 2 rings (SSSR count). The van der Waals surface area contributed by atoms with E-state index in [1.807, 2.05) is 13.8 Å². The van der Waals surface area contributed by atoms with Crippen molar-refractivity contribution in [3.05, 3.63) is 47.9 Å². The first-order valence-corrected chi connectivity index (χ1v) is 5.09. The summed E-state index contributed by atoms with van der Waals surface area (Å²) in [7, 11) is 0. The minimum Gasteiger partial charge on any atom is -0.444 e. The molecule has 3 nitrogen and oxygen atoms in total. The number of hydrogen-bond acceptors (Lipinski definition) is 3. The molecular formula is C12H13FN2O. The van der Waals surface area contributed by atoms with Crippen molar-refractivity contribution in [2.45, 2.75) is 19.9 Å². The van der Waals surface area contributed by atoms with E-state index in [9.17, 15) is 4.39 Å². The predicted octanol–water partition coefficient (Wildman–Crippen LogP) is 3.30. The van der Waals surface area contributed by atoms with Gasteiger partial charge in [-0.15, -0.1) is 0 Å². The summed E-state index contributed by atoms with van der Waals surface area (Å²) in [5, 5.41) is 3.18. The molecule has 0 saturated carbocycles. The number of oxazole rings is 1. The second kappa shape index (κ2) is 4.35. The monoisotopic (exact) mass is 220 g/mol. The maximum atomic E-state index is 12.7. The average Bonchev–Trinajstić information content (AvgIpc) is 2.68. The Bertz CT molecular complexity index is 464. The largest absolute Gasteiger partial charge is 0.444 e. The topological polar surface area (TPSA) is 38.1 Å². The SMILES string of the molecule is Cc1cnc([C@H](C)Nc2ccc(F)cc2)o1. The molecule has 0 bridgehead atoms. The highest BCUT2D eigenvalue weighted by atomic mass is 19.1. The first-order valence-electron chi connectivity index (χ1n) is 5.09. The number of benzene rings is 1. The van der Waals surface area contributed by atoms with Crippen molar-refractivity contribution in [1.82, 2.24) is 4.98 Å². The highest BCUT2D eigenvalue weighted by molar-refractivity contribution is 5.44. The summed E-state index contributed by atoms with van der Waals surface area (Å²) in [6.45, 7) is 3.79. The molecule has 0 unspecified atom stereocenters. The number of aromatic nitrogens is 1. The first kappa shape index (κ1) is 10.7. The summed E-state index contributed by atoms with van der Waals surface area (Å²) in [5.41, 5.74) is 0.838. The van der Waals surface area contributed by atoms with Gasteiger partial charge in [0, 0.05) is 5.69 Å². The van der Waals surface area contributed by atoms with Gasteiger partial charge in [0.2, 0.25) is 5.89 Å². The van der Waals surface area contributed by atoms with Crippen LogP contribution in [-0.4, -0.2) is 4.98 Å². The van der Waals surface area contributed by atoms with Crippen molar-refractivity contribution < 1.29 is 8.81 Å². The number of halogens is 1. The van der Waals surface area contributed by atoms with Crippen molar-refractivity contribution in [2.75, 3.05) is 5.32 Å². The van der Waals surface area contributed by atoms with Crippen LogP contribution in [0.3, 0.4) is 0 Å². The summed E-state index contributed by atoms with van der Waals surface area (Å²) in [5.74, 6) is 1.16. The lowest BCUT2D eigenvalue weighted by molar-refractivity contribution is 0.453. The van der Waals surface area contributed by atoms with E-state index in [4.69, 9.17) is 4.42 Å². The van der Waals surface area contributed by atoms with Crippen molar-refractivity contribution >= 4 is 5.69 Å². The van der Waals surface area contributed by atoms with E-state index < -0.39 is 0 Å². The van der Waals surface area contributed by atoms with Crippen LogP contribution in [0.1, 0.15) is 24.6 Å². The zero-order chi connectivity index (χ0) is 11.5. The van der Waals surface area contributed by atoms with E-state index in [1.165, 1.54) is 12.1 Å². The number of hydrogen-bond donors (Lipinski definition) is 1. The van der Waals surface area contributed by atoms with Crippen molar-refractivity contribution in [2.24, 2.45) is 0 Å².